The van der Waals surface area contributed by atoms with Crippen LogP contribution in [0.3, 0.4) is 0 Å². The topological polar surface area (TPSA) is 27.0 Å². The summed E-state index contributed by atoms with van der Waals surface area (Å²) in [6.45, 7) is 2.31. The number of hydrogen-bond donors (Lipinski definition) is 0. The summed E-state index contributed by atoms with van der Waals surface area (Å²) in [4.78, 5) is 2.45. The minimum absolute atomic E-state index is 0.704. The molecule has 1 saturated heterocycles. The molecule has 0 amide bonds. The van der Waals surface area contributed by atoms with Gasteiger partial charge in [0.05, 0.1) is 6.07 Å². The fourth-order valence-electron chi connectivity index (χ4n) is 2.91. The van der Waals surface area contributed by atoms with Gasteiger partial charge in [-0.05, 0) is 29.9 Å². The van der Waals surface area contributed by atoms with Crippen LogP contribution >= 0.6 is 0 Å². The van der Waals surface area contributed by atoms with Crippen LogP contribution in [0, 0.1) is 29.1 Å². The molecule has 2 aliphatic rings. The van der Waals surface area contributed by atoms with Gasteiger partial charge in [-0.2, -0.15) is 5.26 Å². The molecule has 2 atom stereocenters. The van der Waals surface area contributed by atoms with Crippen LogP contribution in [0.1, 0.15) is 6.42 Å². The third kappa shape index (κ3) is 1.39. The average Bonchev–Trinajstić information content (AvgIpc) is 2.77. The second-order valence-electron chi connectivity index (χ2n) is 4.59. The molecule has 1 aromatic rings. The van der Waals surface area contributed by atoms with Crippen LogP contribution in [0.15, 0.2) is 30.3 Å². The van der Waals surface area contributed by atoms with E-state index >= 15 is 0 Å². The van der Waals surface area contributed by atoms with Crippen molar-refractivity contribution in [3.63, 3.8) is 0 Å². The fraction of sp³-hybridized carbons (Fsp3) is 0.462. The van der Waals surface area contributed by atoms with Crippen molar-refractivity contribution in [2.24, 2.45) is 17.8 Å². The maximum Gasteiger partial charge on any atom is 0.0624 e. The maximum atomic E-state index is 8.65. The Hall–Kier alpha value is -1.49. The second kappa shape index (κ2) is 3.27. The first-order valence-corrected chi connectivity index (χ1v) is 5.57. The molecule has 0 bridgehead atoms. The minimum atomic E-state index is 0.704. The molecule has 2 unspecified atom stereocenters. The van der Waals surface area contributed by atoms with E-state index < -0.39 is 0 Å². The van der Waals surface area contributed by atoms with Crippen molar-refractivity contribution in [1.82, 2.24) is 0 Å². The van der Waals surface area contributed by atoms with E-state index in [0.717, 1.165) is 31.3 Å². The molecule has 0 aromatic heterocycles. The van der Waals surface area contributed by atoms with Crippen LogP contribution in [0.5, 0.6) is 0 Å². The summed E-state index contributed by atoms with van der Waals surface area (Å²) in [6.07, 6.45) is 0.762. The van der Waals surface area contributed by atoms with Crippen molar-refractivity contribution >= 4 is 5.69 Å². The van der Waals surface area contributed by atoms with E-state index in [1.54, 1.807) is 0 Å². The lowest BCUT2D eigenvalue weighted by Crippen LogP contribution is -2.23. The summed E-state index contributed by atoms with van der Waals surface area (Å²) in [5.41, 5.74) is 1.33. The maximum absolute atomic E-state index is 8.65. The molecule has 76 valence electrons. The van der Waals surface area contributed by atoms with Crippen LogP contribution in [0.25, 0.3) is 0 Å². The average molecular weight is 198 g/mol. The lowest BCUT2D eigenvalue weighted by molar-refractivity contribution is 0.652. The first kappa shape index (κ1) is 8.79. The third-order valence-corrected chi connectivity index (χ3v) is 3.82. The van der Waals surface area contributed by atoms with Gasteiger partial charge >= 0.3 is 0 Å². The van der Waals surface area contributed by atoms with Crippen molar-refractivity contribution < 1.29 is 0 Å². The zero-order chi connectivity index (χ0) is 10.3. The molecule has 0 spiro atoms. The zero-order valence-electron chi connectivity index (χ0n) is 8.63. The Morgan fingerprint density at radius 3 is 2.47 bits per heavy atom. The highest BCUT2D eigenvalue weighted by molar-refractivity contribution is 5.48. The number of hydrogen-bond acceptors (Lipinski definition) is 2. The van der Waals surface area contributed by atoms with Crippen molar-refractivity contribution in [3.8, 4) is 6.07 Å². The Labute approximate surface area is 90.1 Å². The van der Waals surface area contributed by atoms with Gasteiger partial charge in [-0.25, -0.2) is 0 Å². The fourth-order valence-corrected chi connectivity index (χ4v) is 2.91. The number of anilines is 1. The molecule has 1 aliphatic heterocycles. The van der Waals surface area contributed by atoms with Gasteiger partial charge in [-0.1, -0.05) is 18.2 Å². The summed E-state index contributed by atoms with van der Waals surface area (Å²) in [7, 11) is 0. The van der Waals surface area contributed by atoms with E-state index in [4.69, 9.17) is 5.26 Å². The molecule has 0 N–H and O–H groups in total. The highest BCUT2D eigenvalue weighted by Gasteiger charge is 2.55. The monoisotopic (exact) mass is 198 g/mol. The van der Waals surface area contributed by atoms with Crippen molar-refractivity contribution in [1.29, 1.82) is 5.26 Å². The summed E-state index contributed by atoms with van der Waals surface area (Å²) < 4.78 is 0. The first-order valence-electron chi connectivity index (χ1n) is 5.57. The molecule has 15 heavy (non-hydrogen) atoms. The van der Waals surface area contributed by atoms with E-state index in [1.165, 1.54) is 5.69 Å². The quantitative estimate of drug-likeness (QED) is 0.729. The molecular formula is C13H14N2. The first-order chi connectivity index (χ1) is 7.40. The third-order valence-electron chi connectivity index (χ3n) is 3.82. The molecule has 1 aliphatic carbocycles. The van der Waals surface area contributed by atoms with Crippen LogP contribution in [0.4, 0.5) is 5.69 Å². The highest BCUT2D eigenvalue weighted by atomic mass is 15.2. The van der Waals surface area contributed by atoms with E-state index in [2.05, 4.69) is 41.3 Å². The predicted octanol–water partition coefficient (Wildman–Crippen LogP) is 2.28. The molecular weight excluding hydrogens is 184 g/mol. The van der Waals surface area contributed by atoms with Gasteiger partial charge in [0.15, 0.2) is 0 Å². The zero-order valence-corrected chi connectivity index (χ0v) is 8.63. The number of nitriles is 1. The Morgan fingerprint density at radius 2 is 1.87 bits per heavy atom. The van der Waals surface area contributed by atoms with Crippen LogP contribution < -0.4 is 4.90 Å². The van der Waals surface area contributed by atoms with E-state index in [0.29, 0.717) is 5.92 Å². The molecule has 2 nitrogen and oxygen atoms in total. The molecule has 1 heterocycles. The highest BCUT2D eigenvalue weighted by Crippen LogP contribution is 2.54. The smallest absolute Gasteiger partial charge is 0.0624 e. The Balaban J connectivity index is 1.65. The van der Waals surface area contributed by atoms with E-state index in [1.807, 2.05) is 0 Å². The minimum Gasteiger partial charge on any atom is -0.371 e. The molecule has 0 radical (unpaired) electrons. The SMILES string of the molecule is N#CCC1C2CN(c3ccccc3)CC12. The van der Waals surface area contributed by atoms with Gasteiger partial charge in [0.1, 0.15) is 0 Å². The summed E-state index contributed by atoms with van der Waals surface area (Å²) in [5, 5.41) is 8.65. The number of piperidine rings is 1. The standard InChI is InChI=1S/C13H14N2/c14-7-6-11-12-8-15(9-13(11)12)10-4-2-1-3-5-10/h1-5,11-13H,6,8-9H2. The van der Waals surface area contributed by atoms with Gasteiger partial charge in [-0.3, -0.25) is 0 Å². The normalized spacial score (nSPS) is 32.2. The Morgan fingerprint density at radius 1 is 1.20 bits per heavy atom. The van der Waals surface area contributed by atoms with Crippen molar-refractivity contribution in [3.05, 3.63) is 30.3 Å². The lowest BCUT2D eigenvalue weighted by Gasteiger charge is -2.21. The van der Waals surface area contributed by atoms with Gasteiger partial charge < -0.3 is 4.90 Å². The summed E-state index contributed by atoms with van der Waals surface area (Å²) in [5.74, 6) is 2.30. The van der Waals surface area contributed by atoms with Gasteiger partial charge in [0.2, 0.25) is 0 Å². The van der Waals surface area contributed by atoms with Gasteiger partial charge in [0.25, 0.3) is 0 Å². The molecule has 1 saturated carbocycles. The summed E-state index contributed by atoms with van der Waals surface area (Å²) >= 11 is 0. The predicted molar refractivity (Wildman–Crippen MR) is 59.4 cm³/mol. The van der Waals surface area contributed by atoms with Crippen LogP contribution in [0.2, 0.25) is 0 Å². The molecule has 1 aromatic carbocycles. The largest absolute Gasteiger partial charge is 0.371 e. The Kier molecular flexibility index (Phi) is 1.92. The number of rotatable bonds is 2. The van der Waals surface area contributed by atoms with E-state index in [-0.39, 0.29) is 0 Å². The molecule has 2 fully saturated rings. The van der Waals surface area contributed by atoms with Crippen LogP contribution in [-0.2, 0) is 0 Å². The van der Waals surface area contributed by atoms with E-state index in [9.17, 15) is 0 Å². The summed E-state index contributed by atoms with van der Waals surface area (Å²) in [6, 6.07) is 12.9. The number of fused-ring (bicyclic) bond motifs is 1. The Bertz CT molecular complexity index is 381. The number of benzene rings is 1. The molecule has 2 heteroatoms. The lowest BCUT2D eigenvalue weighted by atomic mass is 10.2. The van der Waals surface area contributed by atoms with Gasteiger partial charge in [0, 0.05) is 25.2 Å². The second-order valence-corrected chi connectivity index (χ2v) is 4.59. The number of para-hydroxylation sites is 1. The van der Waals surface area contributed by atoms with Crippen molar-refractivity contribution in [2.45, 2.75) is 6.42 Å². The van der Waals surface area contributed by atoms with Crippen LogP contribution in [-0.4, -0.2) is 13.1 Å². The van der Waals surface area contributed by atoms with Gasteiger partial charge in [-0.15, -0.1) is 0 Å². The number of nitrogens with zero attached hydrogens (tertiary/aromatic N) is 2. The van der Waals surface area contributed by atoms with Crippen molar-refractivity contribution in [2.75, 3.05) is 18.0 Å². The molecule has 3 rings (SSSR count).